The first-order chi connectivity index (χ1) is 9.62. The molecule has 0 radical (unpaired) electrons. The third kappa shape index (κ3) is 5.00. The zero-order chi connectivity index (χ0) is 15.0. The SMILES string of the molecule is CCOCC(C)OCC(N)c1ccc(OC)cc1OC. The highest BCUT2D eigenvalue weighted by Gasteiger charge is 2.14. The van der Waals surface area contributed by atoms with Crippen LogP contribution in [0.15, 0.2) is 18.2 Å². The highest BCUT2D eigenvalue weighted by Crippen LogP contribution is 2.28. The van der Waals surface area contributed by atoms with E-state index in [1.54, 1.807) is 14.2 Å². The molecule has 2 N–H and O–H groups in total. The van der Waals surface area contributed by atoms with Gasteiger partial charge in [-0.25, -0.2) is 0 Å². The van der Waals surface area contributed by atoms with Crippen molar-refractivity contribution in [3.05, 3.63) is 23.8 Å². The summed E-state index contributed by atoms with van der Waals surface area (Å²) in [6, 6.07) is 5.33. The van der Waals surface area contributed by atoms with E-state index in [2.05, 4.69) is 0 Å². The molecule has 0 saturated heterocycles. The van der Waals surface area contributed by atoms with Crippen LogP contribution in [0, 0.1) is 0 Å². The van der Waals surface area contributed by atoms with Crippen LogP contribution in [0.25, 0.3) is 0 Å². The molecular formula is C15H25NO4. The van der Waals surface area contributed by atoms with Crippen LogP contribution in [0.1, 0.15) is 25.5 Å². The van der Waals surface area contributed by atoms with Crippen molar-refractivity contribution in [1.82, 2.24) is 0 Å². The van der Waals surface area contributed by atoms with Gasteiger partial charge in [-0.15, -0.1) is 0 Å². The van der Waals surface area contributed by atoms with E-state index in [0.29, 0.717) is 25.6 Å². The van der Waals surface area contributed by atoms with Crippen molar-refractivity contribution in [3.63, 3.8) is 0 Å². The fraction of sp³-hybridized carbons (Fsp3) is 0.600. The number of hydrogen-bond acceptors (Lipinski definition) is 5. The fourth-order valence-electron chi connectivity index (χ4n) is 1.81. The van der Waals surface area contributed by atoms with E-state index >= 15 is 0 Å². The Morgan fingerprint density at radius 2 is 1.90 bits per heavy atom. The van der Waals surface area contributed by atoms with Gasteiger partial charge in [-0.05, 0) is 26.0 Å². The minimum absolute atomic E-state index is 0.0187. The Morgan fingerprint density at radius 3 is 2.50 bits per heavy atom. The number of hydrogen-bond donors (Lipinski definition) is 1. The van der Waals surface area contributed by atoms with Gasteiger partial charge >= 0.3 is 0 Å². The van der Waals surface area contributed by atoms with Crippen molar-refractivity contribution in [3.8, 4) is 11.5 Å². The van der Waals surface area contributed by atoms with Gasteiger partial charge in [0.2, 0.25) is 0 Å². The van der Waals surface area contributed by atoms with Gasteiger partial charge in [0.15, 0.2) is 0 Å². The molecule has 2 atom stereocenters. The molecule has 2 unspecified atom stereocenters. The zero-order valence-corrected chi connectivity index (χ0v) is 12.7. The summed E-state index contributed by atoms with van der Waals surface area (Å²) in [6.45, 7) is 5.60. The molecular weight excluding hydrogens is 258 g/mol. The van der Waals surface area contributed by atoms with Crippen LogP contribution < -0.4 is 15.2 Å². The molecule has 0 amide bonds. The molecule has 1 aromatic rings. The van der Waals surface area contributed by atoms with Gasteiger partial charge in [-0.2, -0.15) is 0 Å². The van der Waals surface area contributed by atoms with Gasteiger partial charge in [0.25, 0.3) is 0 Å². The Morgan fingerprint density at radius 1 is 1.15 bits per heavy atom. The van der Waals surface area contributed by atoms with E-state index in [1.165, 1.54) is 0 Å². The molecule has 20 heavy (non-hydrogen) atoms. The van der Waals surface area contributed by atoms with Gasteiger partial charge in [0.05, 0.1) is 39.6 Å². The summed E-state index contributed by atoms with van der Waals surface area (Å²) >= 11 is 0. The summed E-state index contributed by atoms with van der Waals surface area (Å²) in [5.41, 5.74) is 7.05. The summed E-state index contributed by atoms with van der Waals surface area (Å²) < 4.78 is 21.5. The summed E-state index contributed by atoms with van der Waals surface area (Å²) in [5, 5.41) is 0. The van der Waals surface area contributed by atoms with Gasteiger partial charge in [-0.3, -0.25) is 0 Å². The summed E-state index contributed by atoms with van der Waals surface area (Å²) in [6.07, 6.45) is 0.0187. The normalized spacial score (nSPS) is 13.8. The molecule has 0 saturated carbocycles. The first kappa shape index (κ1) is 16.8. The molecule has 1 aromatic carbocycles. The third-order valence-corrected chi connectivity index (χ3v) is 2.96. The first-order valence-corrected chi connectivity index (χ1v) is 6.79. The second kappa shape index (κ2) is 8.79. The molecule has 1 rings (SSSR count). The Labute approximate surface area is 121 Å². The summed E-state index contributed by atoms with van der Waals surface area (Å²) in [4.78, 5) is 0. The van der Waals surface area contributed by atoms with Crippen molar-refractivity contribution in [2.24, 2.45) is 5.73 Å². The molecule has 5 nitrogen and oxygen atoms in total. The molecule has 0 aliphatic heterocycles. The lowest BCUT2D eigenvalue weighted by atomic mass is 10.1. The van der Waals surface area contributed by atoms with E-state index in [9.17, 15) is 0 Å². The van der Waals surface area contributed by atoms with Gasteiger partial charge in [0, 0.05) is 18.2 Å². The predicted octanol–water partition coefficient (Wildman–Crippen LogP) is 2.15. The molecule has 114 valence electrons. The van der Waals surface area contributed by atoms with E-state index in [1.807, 2.05) is 32.0 Å². The fourth-order valence-corrected chi connectivity index (χ4v) is 1.81. The third-order valence-electron chi connectivity index (χ3n) is 2.96. The Hall–Kier alpha value is -1.30. The smallest absolute Gasteiger partial charge is 0.127 e. The molecule has 5 heteroatoms. The topological polar surface area (TPSA) is 62.9 Å². The van der Waals surface area contributed by atoms with Gasteiger partial charge in [-0.1, -0.05) is 0 Å². The average molecular weight is 283 g/mol. The van der Waals surface area contributed by atoms with Gasteiger partial charge in [0.1, 0.15) is 11.5 Å². The molecule has 0 aliphatic rings. The largest absolute Gasteiger partial charge is 0.497 e. The zero-order valence-electron chi connectivity index (χ0n) is 12.7. The highest BCUT2D eigenvalue weighted by atomic mass is 16.5. The highest BCUT2D eigenvalue weighted by molar-refractivity contribution is 5.42. The van der Waals surface area contributed by atoms with Crippen molar-refractivity contribution in [2.75, 3.05) is 34.0 Å². The number of rotatable bonds is 9. The van der Waals surface area contributed by atoms with Crippen LogP contribution in [0.5, 0.6) is 11.5 Å². The Kier molecular flexibility index (Phi) is 7.36. The van der Waals surface area contributed by atoms with E-state index in [0.717, 1.165) is 11.3 Å². The summed E-state index contributed by atoms with van der Waals surface area (Å²) in [5.74, 6) is 1.45. The summed E-state index contributed by atoms with van der Waals surface area (Å²) in [7, 11) is 3.23. The Bertz CT molecular complexity index is 397. The quantitative estimate of drug-likeness (QED) is 0.752. The van der Waals surface area contributed by atoms with Gasteiger partial charge < -0.3 is 24.7 Å². The molecule has 0 spiro atoms. The minimum Gasteiger partial charge on any atom is -0.497 e. The van der Waals surface area contributed by atoms with E-state index < -0.39 is 0 Å². The van der Waals surface area contributed by atoms with E-state index in [4.69, 9.17) is 24.7 Å². The van der Waals surface area contributed by atoms with Crippen LogP contribution in [0.2, 0.25) is 0 Å². The van der Waals surface area contributed by atoms with Crippen LogP contribution >= 0.6 is 0 Å². The second-order valence-corrected chi connectivity index (χ2v) is 4.52. The number of nitrogens with two attached hydrogens (primary N) is 1. The molecule has 0 aromatic heterocycles. The molecule has 0 fully saturated rings. The van der Waals surface area contributed by atoms with Crippen LogP contribution in [0.4, 0.5) is 0 Å². The lowest BCUT2D eigenvalue weighted by Crippen LogP contribution is -2.24. The van der Waals surface area contributed by atoms with Crippen molar-refractivity contribution >= 4 is 0 Å². The number of ether oxygens (including phenoxy) is 4. The maximum absolute atomic E-state index is 6.15. The Balaban J connectivity index is 2.60. The minimum atomic E-state index is -0.250. The van der Waals surface area contributed by atoms with E-state index in [-0.39, 0.29) is 12.1 Å². The lowest BCUT2D eigenvalue weighted by molar-refractivity contribution is -0.00850. The van der Waals surface area contributed by atoms with Crippen LogP contribution in [-0.2, 0) is 9.47 Å². The van der Waals surface area contributed by atoms with Crippen molar-refractivity contribution < 1.29 is 18.9 Å². The molecule has 0 bridgehead atoms. The first-order valence-electron chi connectivity index (χ1n) is 6.79. The molecule has 0 heterocycles. The standard InChI is InChI=1S/C15H25NO4/c1-5-19-9-11(2)20-10-14(16)13-7-6-12(17-3)8-15(13)18-4/h6-8,11,14H,5,9-10,16H2,1-4H3. The number of methoxy groups -OCH3 is 2. The molecule has 0 aliphatic carbocycles. The number of benzene rings is 1. The van der Waals surface area contributed by atoms with Crippen LogP contribution in [0.3, 0.4) is 0 Å². The maximum Gasteiger partial charge on any atom is 0.127 e. The second-order valence-electron chi connectivity index (χ2n) is 4.52. The maximum atomic E-state index is 6.15. The lowest BCUT2D eigenvalue weighted by Gasteiger charge is -2.19. The average Bonchev–Trinajstić information content (AvgIpc) is 2.49. The van der Waals surface area contributed by atoms with Crippen molar-refractivity contribution in [2.45, 2.75) is 26.0 Å². The van der Waals surface area contributed by atoms with Crippen molar-refractivity contribution in [1.29, 1.82) is 0 Å². The monoisotopic (exact) mass is 283 g/mol. The predicted molar refractivity (Wildman–Crippen MR) is 78.4 cm³/mol. The van der Waals surface area contributed by atoms with Crippen LogP contribution in [-0.4, -0.2) is 40.1 Å².